The van der Waals surface area contributed by atoms with Gasteiger partial charge in [0.15, 0.2) is 0 Å². The Kier molecular flexibility index (Phi) is 7.65. The molecule has 1 aliphatic heterocycles. The Hall–Kier alpha value is -1.47. The average molecular weight is 336 g/mol. The Morgan fingerprint density at radius 3 is 2.75 bits per heavy atom. The zero-order chi connectivity index (χ0) is 17.4. The fourth-order valence-electron chi connectivity index (χ4n) is 2.60. The predicted octanol–water partition coefficient (Wildman–Crippen LogP) is 1.30. The minimum atomic E-state index is -0.101. The first-order valence-electron chi connectivity index (χ1n) is 8.33. The van der Waals surface area contributed by atoms with E-state index in [2.05, 4.69) is 10.2 Å². The summed E-state index contributed by atoms with van der Waals surface area (Å²) in [6.45, 7) is 3.18. The molecule has 2 rings (SSSR count). The zero-order valence-electron chi connectivity index (χ0n) is 14.8. The molecule has 1 heterocycles. The van der Waals surface area contributed by atoms with E-state index in [1.165, 1.54) is 0 Å². The highest BCUT2D eigenvalue weighted by atomic mass is 16.5. The van der Waals surface area contributed by atoms with Gasteiger partial charge in [0, 0.05) is 25.8 Å². The van der Waals surface area contributed by atoms with Gasteiger partial charge in [0.2, 0.25) is 0 Å². The van der Waals surface area contributed by atoms with Crippen LogP contribution in [0.3, 0.4) is 0 Å². The first-order valence-corrected chi connectivity index (χ1v) is 8.33. The van der Waals surface area contributed by atoms with E-state index >= 15 is 0 Å². The van der Waals surface area contributed by atoms with Gasteiger partial charge < -0.3 is 24.4 Å². The average Bonchev–Trinajstić information content (AvgIpc) is 2.57. The number of methoxy groups -OCH3 is 1. The lowest BCUT2D eigenvalue weighted by Crippen LogP contribution is -2.50. The summed E-state index contributed by atoms with van der Waals surface area (Å²) in [5, 5.41) is 3.09. The SMILES string of the molecule is COCc1ccc(C(=O)NC2CCOCC2OCCN(C)C)cc1. The third-order valence-electron chi connectivity index (χ3n) is 4.02. The molecule has 0 radical (unpaired) electrons. The summed E-state index contributed by atoms with van der Waals surface area (Å²) < 4.78 is 16.5. The van der Waals surface area contributed by atoms with Crippen molar-refractivity contribution in [3.05, 3.63) is 35.4 Å². The Morgan fingerprint density at radius 2 is 2.08 bits per heavy atom. The summed E-state index contributed by atoms with van der Waals surface area (Å²) in [5.41, 5.74) is 1.69. The van der Waals surface area contributed by atoms with Crippen molar-refractivity contribution in [2.75, 3.05) is 47.6 Å². The van der Waals surface area contributed by atoms with Gasteiger partial charge in [0.25, 0.3) is 5.91 Å². The number of carbonyl (C=O) groups excluding carboxylic acids is 1. The molecule has 0 aliphatic carbocycles. The van der Waals surface area contributed by atoms with Crippen LogP contribution in [0.25, 0.3) is 0 Å². The molecule has 1 saturated heterocycles. The van der Waals surface area contributed by atoms with Crippen molar-refractivity contribution in [1.82, 2.24) is 10.2 Å². The first kappa shape index (κ1) is 18.9. The van der Waals surface area contributed by atoms with Crippen LogP contribution in [-0.4, -0.2) is 70.5 Å². The number of nitrogens with one attached hydrogen (secondary N) is 1. The van der Waals surface area contributed by atoms with Gasteiger partial charge in [-0.25, -0.2) is 0 Å². The van der Waals surface area contributed by atoms with Crippen molar-refractivity contribution >= 4 is 5.91 Å². The summed E-state index contributed by atoms with van der Waals surface area (Å²) in [7, 11) is 5.67. The molecule has 2 unspecified atom stereocenters. The lowest BCUT2D eigenvalue weighted by atomic mass is 10.0. The maximum atomic E-state index is 12.5. The van der Waals surface area contributed by atoms with E-state index in [1.807, 2.05) is 38.4 Å². The second kappa shape index (κ2) is 9.74. The summed E-state index contributed by atoms with van der Waals surface area (Å²) in [6.07, 6.45) is 0.663. The van der Waals surface area contributed by atoms with Crippen LogP contribution in [0.5, 0.6) is 0 Å². The van der Waals surface area contributed by atoms with Crippen molar-refractivity contribution < 1.29 is 19.0 Å². The van der Waals surface area contributed by atoms with Gasteiger partial charge in [0.1, 0.15) is 6.10 Å². The van der Waals surface area contributed by atoms with Gasteiger partial charge in [-0.2, -0.15) is 0 Å². The van der Waals surface area contributed by atoms with Crippen LogP contribution < -0.4 is 5.32 Å². The number of rotatable bonds is 8. The zero-order valence-corrected chi connectivity index (χ0v) is 14.8. The Morgan fingerprint density at radius 1 is 1.33 bits per heavy atom. The molecule has 1 N–H and O–H groups in total. The largest absolute Gasteiger partial charge is 0.380 e. The van der Waals surface area contributed by atoms with Gasteiger partial charge in [0.05, 0.1) is 25.9 Å². The van der Waals surface area contributed by atoms with Crippen LogP contribution in [0.1, 0.15) is 22.3 Å². The summed E-state index contributed by atoms with van der Waals surface area (Å²) >= 11 is 0. The third-order valence-corrected chi connectivity index (χ3v) is 4.02. The third kappa shape index (κ3) is 5.87. The molecular formula is C18H28N2O4. The van der Waals surface area contributed by atoms with Gasteiger partial charge >= 0.3 is 0 Å². The minimum absolute atomic E-state index is 0.0212. The number of likely N-dealkylation sites (N-methyl/N-ethyl adjacent to an activating group) is 1. The topological polar surface area (TPSA) is 60.0 Å². The first-order chi connectivity index (χ1) is 11.6. The summed E-state index contributed by atoms with van der Waals surface area (Å²) in [6, 6.07) is 7.45. The summed E-state index contributed by atoms with van der Waals surface area (Å²) in [5.74, 6) is -0.0768. The van der Waals surface area contributed by atoms with Gasteiger partial charge in [-0.05, 0) is 38.2 Å². The van der Waals surface area contributed by atoms with Crippen LogP contribution in [0.15, 0.2) is 24.3 Å². The van der Waals surface area contributed by atoms with Crippen molar-refractivity contribution in [2.24, 2.45) is 0 Å². The molecule has 2 atom stereocenters. The van der Waals surface area contributed by atoms with E-state index in [-0.39, 0.29) is 18.1 Å². The highest BCUT2D eigenvalue weighted by Crippen LogP contribution is 2.13. The molecule has 6 nitrogen and oxygen atoms in total. The number of carbonyl (C=O) groups is 1. The predicted molar refractivity (Wildman–Crippen MR) is 92.1 cm³/mol. The smallest absolute Gasteiger partial charge is 0.251 e. The molecule has 0 aromatic heterocycles. The molecule has 1 aromatic carbocycles. The van der Waals surface area contributed by atoms with E-state index in [4.69, 9.17) is 14.2 Å². The Labute approximate surface area is 144 Å². The second-order valence-corrected chi connectivity index (χ2v) is 6.29. The Bertz CT molecular complexity index is 504. The number of nitrogens with zero attached hydrogens (tertiary/aromatic N) is 1. The molecule has 24 heavy (non-hydrogen) atoms. The number of hydrogen-bond acceptors (Lipinski definition) is 5. The quantitative estimate of drug-likeness (QED) is 0.775. The maximum Gasteiger partial charge on any atom is 0.251 e. The van der Waals surface area contributed by atoms with E-state index < -0.39 is 0 Å². The second-order valence-electron chi connectivity index (χ2n) is 6.29. The molecule has 1 amide bonds. The Balaban J connectivity index is 1.89. The fourth-order valence-corrected chi connectivity index (χ4v) is 2.60. The number of amides is 1. The lowest BCUT2D eigenvalue weighted by molar-refractivity contribution is -0.0690. The number of benzene rings is 1. The monoisotopic (exact) mass is 336 g/mol. The lowest BCUT2D eigenvalue weighted by Gasteiger charge is -2.32. The molecular weight excluding hydrogens is 308 g/mol. The molecule has 6 heteroatoms. The van der Waals surface area contributed by atoms with Crippen LogP contribution >= 0.6 is 0 Å². The number of ether oxygens (including phenoxy) is 3. The molecule has 1 aromatic rings. The highest BCUT2D eigenvalue weighted by Gasteiger charge is 2.28. The van der Waals surface area contributed by atoms with Crippen LogP contribution in [0, 0.1) is 0 Å². The molecule has 0 saturated carbocycles. The molecule has 134 valence electrons. The normalized spacial score (nSPS) is 21.0. The molecule has 1 aliphatic rings. The van der Waals surface area contributed by atoms with Gasteiger partial charge in [-0.15, -0.1) is 0 Å². The van der Waals surface area contributed by atoms with Gasteiger partial charge in [-0.3, -0.25) is 4.79 Å². The van der Waals surface area contributed by atoms with E-state index in [9.17, 15) is 4.79 Å². The van der Waals surface area contributed by atoms with Crippen molar-refractivity contribution in [2.45, 2.75) is 25.2 Å². The van der Waals surface area contributed by atoms with Crippen molar-refractivity contribution in [3.63, 3.8) is 0 Å². The minimum Gasteiger partial charge on any atom is -0.380 e. The molecule has 0 bridgehead atoms. The standard InChI is InChI=1S/C18H28N2O4/c1-20(2)9-11-24-17-13-23-10-8-16(17)19-18(21)15-6-4-14(5-7-15)12-22-3/h4-7,16-17H,8-13H2,1-3H3,(H,19,21). The van der Waals surface area contributed by atoms with Gasteiger partial charge in [-0.1, -0.05) is 12.1 Å². The molecule has 1 fully saturated rings. The van der Waals surface area contributed by atoms with E-state index in [1.54, 1.807) is 7.11 Å². The van der Waals surface area contributed by atoms with Crippen molar-refractivity contribution in [1.29, 1.82) is 0 Å². The van der Waals surface area contributed by atoms with E-state index in [0.717, 1.165) is 18.5 Å². The van der Waals surface area contributed by atoms with Crippen LogP contribution in [0.4, 0.5) is 0 Å². The summed E-state index contributed by atoms with van der Waals surface area (Å²) in [4.78, 5) is 14.5. The fraction of sp³-hybridized carbons (Fsp3) is 0.611. The maximum absolute atomic E-state index is 12.5. The van der Waals surface area contributed by atoms with Crippen molar-refractivity contribution in [3.8, 4) is 0 Å². The highest BCUT2D eigenvalue weighted by molar-refractivity contribution is 5.94. The van der Waals surface area contributed by atoms with Crippen LogP contribution in [0.2, 0.25) is 0 Å². The van der Waals surface area contributed by atoms with E-state index in [0.29, 0.717) is 32.0 Å². The number of hydrogen-bond donors (Lipinski definition) is 1. The van der Waals surface area contributed by atoms with Crippen LogP contribution in [-0.2, 0) is 20.8 Å². The molecule has 0 spiro atoms.